The molecule has 1 N–H and O–H groups in total. The molecule has 0 aliphatic carbocycles. The third-order valence-corrected chi connectivity index (χ3v) is 4.35. The van der Waals surface area contributed by atoms with E-state index in [1.165, 1.54) is 24.2 Å². The Labute approximate surface area is 184 Å². The molecule has 0 fully saturated rings. The van der Waals surface area contributed by atoms with Crippen molar-refractivity contribution >= 4 is 11.8 Å². The Bertz CT molecular complexity index is 837. The molecule has 0 atom stereocenters. The smallest absolute Gasteiger partial charge is 0.416 e. The van der Waals surface area contributed by atoms with E-state index in [2.05, 4.69) is 10.3 Å². The molecule has 0 aromatic rings. The second-order valence-corrected chi connectivity index (χ2v) is 6.80. The van der Waals surface area contributed by atoms with Crippen molar-refractivity contribution in [2.75, 3.05) is 33.8 Å². The molecule has 0 saturated carbocycles. The van der Waals surface area contributed by atoms with E-state index in [1.54, 1.807) is 27.0 Å². The maximum atomic E-state index is 13.2. The number of alkyl halides is 5. The predicted octanol–water partition coefficient (Wildman–Crippen LogP) is 4.57. The number of likely N-dealkylation sites (N-methyl/N-ethyl adjacent to an activating group) is 1. The Hall–Kier alpha value is -2.91. The predicted molar refractivity (Wildman–Crippen MR) is 114 cm³/mol. The molecule has 0 aromatic carbocycles. The zero-order valence-corrected chi connectivity index (χ0v) is 18.5. The summed E-state index contributed by atoms with van der Waals surface area (Å²) in [5, 5.41) is 2.53. The van der Waals surface area contributed by atoms with Gasteiger partial charge in [-0.05, 0) is 31.1 Å². The highest BCUT2D eigenvalue weighted by Gasteiger charge is 2.31. The first-order valence-electron chi connectivity index (χ1n) is 9.90. The van der Waals surface area contributed by atoms with E-state index >= 15 is 0 Å². The minimum atomic E-state index is -4.49. The van der Waals surface area contributed by atoms with Gasteiger partial charge in [-0.2, -0.15) is 13.2 Å². The van der Waals surface area contributed by atoms with Crippen LogP contribution in [0.5, 0.6) is 0 Å². The minimum Gasteiger partial charge on any atom is -0.483 e. The number of ether oxygens (including phenoxy) is 1. The van der Waals surface area contributed by atoms with E-state index in [0.29, 0.717) is 5.57 Å². The highest BCUT2D eigenvalue weighted by molar-refractivity contribution is 5.96. The molecular formula is C22H28F5N3O2. The number of methoxy groups -OCH3 is 1. The summed E-state index contributed by atoms with van der Waals surface area (Å²) in [6.07, 6.45) is 0.678. The SMILES string of the molecule is C\C=C/C(=C\C(=C\CC)C(F)(F)F)CN=C(CNC(=O)C1=CC(C(F)F)=CCN1C)OC. The van der Waals surface area contributed by atoms with Gasteiger partial charge >= 0.3 is 6.18 Å². The van der Waals surface area contributed by atoms with Crippen LogP contribution in [0.4, 0.5) is 22.0 Å². The molecule has 1 aliphatic rings. The third kappa shape index (κ3) is 8.68. The topological polar surface area (TPSA) is 53.9 Å². The van der Waals surface area contributed by atoms with Gasteiger partial charge in [-0.25, -0.2) is 13.8 Å². The summed E-state index contributed by atoms with van der Waals surface area (Å²) >= 11 is 0. The summed E-state index contributed by atoms with van der Waals surface area (Å²) < 4.78 is 70.4. The average molecular weight is 461 g/mol. The molecule has 0 aromatic heterocycles. The number of halogens is 5. The molecule has 0 saturated heterocycles. The lowest BCUT2D eigenvalue weighted by Crippen LogP contribution is -2.38. The largest absolute Gasteiger partial charge is 0.483 e. The lowest BCUT2D eigenvalue weighted by atomic mass is 10.1. The highest BCUT2D eigenvalue weighted by Crippen LogP contribution is 2.28. The van der Waals surface area contributed by atoms with Gasteiger partial charge in [0.1, 0.15) is 5.70 Å². The lowest BCUT2D eigenvalue weighted by Gasteiger charge is -2.24. The van der Waals surface area contributed by atoms with Gasteiger partial charge in [0.05, 0.1) is 25.8 Å². The molecule has 0 unspecified atom stereocenters. The average Bonchev–Trinajstić information content (AvgIpc) is 2.72. The van der Waals surface area contributed by atoms with Crippen molar-refractivity contribution in [3.8, 4) is 0 Å². The number of amides is 1. The second kappa shape index (κ2) is 12.8. The van der Waals surface area contributed by atoms with Gasteiger partial charge in [-0.15, -0.1) is 0 Å². The molecule has 32 heavy (non-hydrogen) atoms. The maximum absolute atomic E-state index is 13.2. The van der Waals surface area contributed by atoms with Crippen molar-refractivity contribution in [3.05, 3.63) is 58.9 Å². The van der Waals surface area contributed by atoms with Crippen molar-refractivity contribution < 1.29 is 31.5 Å². The van der Waals surface area contributed by atoms with Gasteiger partial charge in [0, 0.05) is 19.2 Å². The van der Waals surface area contributed by atoms with Crippen LogP contribution in [0.2, 0.25) is 0 Å². The van der Waals surface area contributed by atoms with Crippen molar-refractivity contribution in [2.45, 2.75) is 32.9 Å². The monoisotopic (exact) mass is 461 g/mol. The fourth-order valence-corrected chi connectivity index (χ4v) is 2.71. The molecule has 5 nitrogen and oxygen atoms in total. The van der Waals surface area contributed by atoms with Crippen LogP contribution in [0, 0.1) is 0 Å². The zero-order chi connectivity index (χ0) is 24.3. The second-order valence-electron chi connectivity index (χ2n) is 6.80. The number of aliphatic imine (C=N–C) groups is 1. The molecule has 1 heterocycles. The van der Waals surface area contributed by atoms with Gasteiger partial charge in [-0.3, -0.25) is 4.79 Å². The lowest BCUT2D eigenvalue weighted by molar-refractivity contribution is -0.118. The molecular weight excluding hydrogens is 433 g/mol. The number of nitrogens with zero attached hydrogens (tertiary/aromatic N) is 2. The van der Waals surface area contributed by atoms with Crippen LogP contribution in [0.1, 0.15) is 20.3 Å². The Kier molecular flexibility index (Phi) is 10.9. The number of carbonyl (C=O) groups is 1. The standard InChI is InChI=1S/C22H28F5N3O2/c1-5-7-15(11-17(8-6-2)22(25,26)27)13-28-19(32-4)14-29-21(31)18-12-16(20(23)24)9-10-30(18)3/h5,7-9,11-12,20H,6,10,13-14H2,1-4H3,(H,29,31)/b7-5-,15-11+,17-8-,28-19?. The Morgan fingerprint density at radius 3 is 2.59 bits per heavy atom. The van der Waals surface area contributed by atoms with Crippen LogP contribution in [-0.2, 0) is 9.53 Å². The van der Waals surface area contributed by atoms with Crippen molar-refractivity contribution in [3.63, 3.8) is 0 Å². The van der Waals surface area contributed by atoms with E-state index in [1.807, 2.05) is 0 Å². The van der Waals surface area contributed by atoms with E-state index < -0.39 is 24.1 Å². The maximum Gasteiger partial charge on any atom is 0.416 e. The van der Waals surface area contributed by atoms with Crippen LogP contribution in [0.3, 0.4) is 0 Å². The molecule has 178 valence electrons. The van der Waals surface area contributed by atoms with Crippen LogP contribution >= 0.6 is 0 Å². The molecule has 0 spiro atoms. The van der Waals surface area contributed by atoms with Crippen molar-refractivity contribution in [1.82, 2.24) is 10.2 Å². The normalized spacial score (nSPS) is 16.4. The number of rotatable bonds is 9. The third-order valence-electron chi connectivity index (χ3n) is 4.35. The molecule has 1 amide bonds. The van der Waals surface area contributed by atoms with Crippen LogP contribution in [0.25, 0.3) is 0 Å². The minimum absolute atomic E-state index is 0.0623. The number of hydrogen-bond acceptors (Lipinski definition) is 4. The Morgan fingerprint density at radius 2 is 2.06 bits per heavy atom. The molecule has 1 rings (SSSR count). The fraction of sp³-hybridized carbons (Fsp3) is 0.455. The number of allylic oxidation sites excluding steroid dienone is 6. The van der Waals surface area contributed by atoms with Gasteiger partial charge in [-0.1, -0.05) is 31.2 Å². The van der Waals surface area contributed by atoms with Crippen LogP contribution in [0.15, 0.2) is 63.9 Å². The van der Waals surface area contributed by atoms with E-state index in [9.17, 15) is 26.7 Å². The van der Waals surface area contributed by atoms with Gasteiger partial charge in [0.2, 0.25) is 5.90 Å². The number of nitrogens with one attached hydrogen (secondary N) is 1. The van der Waals surface area contributed by atoms with Gasteiger partial charge in [0.15, 0.2) is 0 Å². The van der Waals surface area contributed by atoms with Crippen molar-refractivity contribution in [2.24, 2.45) is 4.99 Å². The first kappa shape index (κ1) is 27.1. The van der Waals surface area contributed by atoms with Crippen LogP contribution < -0.4 is 5.32 Å². The van der Waals surface area contributed by atoms with E-state index in [-0.39, 0.29) is 43.2 Å². The number of hydrogen-bond donors (Lipinski definition) is 1. The fourth-order valence-electron chi connectivity index (χ4n) is 2.71. The Balaban J connectivity index is 2.93. The van der Waals surface area contributed by atoms with E-state index in [4.69, 9.17) is 4.74 Å². The van der Waals surface area contributed by atoms with Crippen molar-refractivity contribution in [1.29, 1.82) is 0 Å². The summed E-state index contributed by atoms with van der Waals surface area (Å²) in [7, 11) is 2.90. The Morgan fingerprint density at radius 1 is 1.38 bits per heavy atom. The molecule has 1 aliphatic heterocycles. The molecule has 0 bridgehead atoms. The summed E-state index contributed by atoms with van der Waals surface area (Å²) in [6.45, 7) is 3.17. The van der Waals surface area contributed by atoms with Gasteiger partial charge in [0.25, 0.3) is 12.3 Å². The quantitative estimate of drug-likeness (QED) is 0.237. The highest BCUT2D eigenvalue weighted by atomic mass is 19.4. The summed E-state index contributed by atoms with van der Waals surface area (Å²) in [5.41, 5.74) is -0.652. The summed E-state index contributed by atoms with van der Waals surface area (Å²) in [6, 6.07) is 0. The van der Waals surface area contributed by atoms with Crippen LogP contribution in [-0.4, -0.2) is 63.1 Å². The molecule has 10 heteroatoms. The first-order valence-corrected chi connectivity index (χ1v) is 9.90. The van der Waals surface area contributed by atoms with E-state index in [0.717, 1.165) is 18.2 Å². The molecule has 0 radical (unpaired) electrons. The summed E-state index contributed by atoms with van der Waals surface area (Å²) in [5.74, 6) is -0.525. The zero-order valence-electron chi connectivity index (χ0n) is 18.5. The van der Waals surface area contributed by atoms with Gasteiger partial charge < -0.3 is 15.0 Å². The summed E-state index contributed by atoms with van der Waals surface area (Å²) in [4.78, 5) is 18.1. The first-order chi connectivity index (χ1) is 15.0. The number of carbonyl (C=O) groups excluding carboxylic acids is 1.